The Morgan fingerprint density at radius 2 is 1.84 bits per heavy atom. The third kappa shape index (κ3) is 4.12. The van der Waals surface area contributed by atoms with Gasteiger partial charge < -0.3 is 5.32 Å². The molecule has 3 aromatic rings. The van der Waals surface area contributed by atoms with Gasteiger partial charge in [0.1, 0.15) is 5.82 Å². The average molecular weight is 354 g/mol. The molecule has 25 heavy (non-hydrogen) atoms. The van der Waals surface area contributed by atoms with Gasteiger partial charge in [-0.3, -0.25) is 10.2 Å². The van der Waals surface area contributed by atoms with E-state index in [9.17, 15) is 4.79 Å². The van der Waals surface area contributed by atoms with Crippen LogP contribution in [0.4, 0.5) is 11.5 Å². The van der Waals surface area contributed by atoms with Crippen LogP contribution in [0.3, 0.4) is 0 Å². The molecule has 3 rings (SSSR count). The molecule has 0 atom stereocenters. The van der Waals surface area contributed by atoms with Gasteiger partial charge in [-0.05, 0) is 43.3 Å². The molecule has 0 radical (unpaired) electrons. The van der Waals surface area contributed by atoms with E-state index in [-0.39, 0.29) is 5.91 Å². The van der Waals surface area contributed by atoms with Crippen LogP contribution in [-0.2, 0) is 0 Å². The van der Waals surface area contributed by atoms with Crippen molar-refractivity contribution in [2.24, 2.45) is 5.84 Å². The van der Waals surface area contributed by atoms with Gasteiger partial charge in [-0.1, -0.05) is 23.7 Å². The lowest BCUT2D eigenvalue weighted by Crippen LogP contribution is -2.29. The summed E-state index contributed by atoms with van der Waals surface area (Å²) in [6, 6.07) is 16.1. The van der Waals surface area contributed by atoms with Crippen molar-refractivity contribution in [3.8, 4) is 11.4 Å². The zero-order valence-corrected chi connectivity index (χ0v) is 14.2. The maximum atomic E-state index is 11.5. The highest BCUT2D eigenvalue weighted by Gasteiger charge is 2.07. The molecule has 2 aromatic carbocycles. The number of amides is 1. The first-order valence-corrected chi connectivity index (χ1v) is 7.92. The van der Waals surface area contributed by atoms with Crippen molar-refractivity contribution in [3.63, 3.8) is 0 Å². The van der Waals surface area contributed by atoms with E-state index >= 15 is 0 Å². The number of rotatable bonds is 4. The molecule has 7 heteroatoms. The summed E-state index contributed by atoms with van der Waals surface area (Å²) in [4.78, 5) is 20.5. The molecule has 0 fully saturated rings. The third-order valence-corrected chi connectivity index (χ3v) is 3.72. The molecule has 0 aliphatic rings. The SMILES string of the molecule is Cc1cc(Nc2ccc(C(=O)NN)cc2)nc(-c2cccc(Cl)c2)n1. The summed E-state index contributed by atoms with van der Waals surface area (Å²) in [6.07, 6.45) is 0. The van der Waals surface area contributed by atoms with Crippen LogP contribution in [0, 0.1) is 6.92 Å². The Morgan fingerprint density at radius 1 is 1.08 bits per heavy atom. The number of carbonyl (C=O) groups is 1. The Bertz CT molecular complexity index is 912. The van der Waals surface area contributed by atoms with E-state index in [1.54, 1.807) is 30.3 Å². The zero-order valence-electron chi connectivity index (χ0n) is 13.5. The smallest absolute Gasteiger partial charge is 0.265 e. The van der Waals surface area contributed by atoms with Crippen LogP contribution in [0.1, 0.15) is 16.1 Å². The monoisotopic (exact) mass is 353 g/mol. The normalized spacial score (nSPS) is 10.4. The van der Waals surface area contributed by atoms with Crippen LogP contribution in [0.25, 0.3) is 11.4 Å². The maximum Gasteiger partial charge on any atom is 0.265 e. The van der Waals surface area contributed by atoms with E-state index in [0.29, 0.717) is 22.2 Å². The first-order valence-electron chi connectivity index (χ1n) is 7.55. The molecule has 4 N–H and O–H groups in total. The van der Waals surface area contributed by atoms with Gasteiger partial charge in [0.25, 0.3) is 5.91 Å². The van der Waals surface area contributed by atoms with E-state index < -0.39 is 0 Å². The number of carbonyl (C=O) groups excluding carboxylic acids is 1. The van der Waals surface area contributed by atoms with Gasteiger partial charge >= 0.3 is 0 Å². The molecule has 0 saturated heterocycles. The highest BCUT2D eigenvalue weighted by Crippen LogP contribution is 2.23. The summed E-state index contributed by atoms with van der Waals surface area (Å²) in [6.45, 7) is 1.90. The summed E-state index contributed by atoms with van der Waals surface area (Å²) in [5.41, 5.74) is 5.04. The molecule has 0 aliphatic heterocycles. The number of nitrogens with two attached hydrogens (primary N) is 1. The van der Waals surface area contributed by atoms with Crippen molar-refractivity contribution in [1.82, 2.24) is 15.4 Å². The molecule has 0 saturated carbocycles. The molecule has 0 bridgehead atoms. The zero-order chi connectivity index (χ0) is 17.8. The predicted molar refractivity (Wildman–Crippen MR) is 98.6 cm³/mol. The first-order chi connectivity index (χ1) is 12.0. The summed E-state index contributed by atoms with van der Waals surface area (Å²) in [5.74, 6) is 6.02. The maximum absolute atomic E-state index is 11.5. The molecule has 6 nitrogen and oxygen atoms in total. The number of nitrogens with one attached hydrogen (secondary N) is 2. The van der Waals surface area contributed by atoms with Gasteiger partial charge in [0.05, 0.1) is 0 Å². The number of halogens is 1. The van der Waals surface area contributed by atoms with Gasteiger partial charge in [-0.25, -0.2) is 15.8 Å². The Balaban J connectivity index is 1.87. The fourth-order valence-electron chi connectivity index (χ4n) is 2.33. The standard InChI is InChI=1S/C18H16ClN5O/c1-11-9-16(22-15-7-5-12(6-8-15)18(25)24-20)23-17(21-11)13-3-2-4-14(19)10-13/h2-10H,20H2,1H3,(H,24,25)(H,21,22,23). The van der Waals surface area contributed by atoms with Gasteiger partial charge in [0.2, 0.25) is 0 Å². The Morgan fingerprint density at radius 3 is 2.52 bits per heavy atom. The van der Waals surface area contributed by atoms with Crippen LogP contribution in [0.5, 0.6) is 0 Å². The lowest BCUT2D eigenvalue weighted by molar-refractivity contribution is 0.0953. The number of hydrazine groups is 1. The van der Waals surface area contributed by atoms with Crippen molar-refractivity contribution in [2.75, 3.05) is 5.32 Å². The van der Waals surface area contributed by atoms with Gasteiger partial charge in [0, 0.05) is 33.6 Å². The number of nitrogen functional groups attached to an aromatic ring is 1. The Hall–Kier alpha value is -2.96. The third-order valence-electron chi connectivity index (χ3n) is 3.49. The molecule has 1 aromatic heterocycles. The largest absolute Gasteiger partial charge is 0.340 e. The minimum Gasteiger partial charge on any atom is -0.340 e. The van der Waals surface area contributed by atoms with Crippen LogP contribution in [0.2, 0.25) is 5.02 Å². The molecule has 126 valence electrons. The average Bonchev–Trinajstić information content (AvgIpc) is 2.61. The second-order valence-corrected chi connectivity index (χ2v) is 5.84. The predicted octanol–water partition coefficient (Wildman–Crippen LogP) is 3.45. The highest BCUT2D eigenvalue weighted by molar-refractivity contribution is 6.30. The summed E-state index contributed by atoms with van der Waals surface area (Å²) >= 11 is 6.04. The second kappa shape index (κ2) is 7.29. The van der Waals surface area contributed by atoms with Crippen molar-refractivity contribution < 1.29 is 4.79 Å². The van der Waals surface area contributed by atoms with Crippen molar-refractivity contribution >= 4 is 29.0 Å². The van der Waals surface area contributed by atoms with Crippen LogP contribution in [-0.4, -0.2) is 15.9 Å². The fourth-order valence-corrected chi connectivity index (χ4v) is 2.52. The number of anilines is 2. The minimum absolute atomic E-state index is 0.340. The van der Waals surface area contributed by atoms with Gasteiger partial charge in [0.15, 0.2) is 5.82 Å². The van der Waals surface area contributed by atoms with E-state index in [4.69, 9.17) is 17.4 Å². The topological polar surface area (TPSA) is 92.9 Å². The van der Waals surface area contributed by atoms with Crippen LogP contribution in [0.15, 0.2) is 54.6 Å². The minimum atomic E-state index is -0.340. The Kier molecular flexibility index (Phi) is 4.92. The molecule has 0 unspecified atom stereocenters. The molecular weight excluding hydrogens is 338 g/mol. The number of hydrogen-bond acceptors (Lipinski definition) is 5. The lowest BCUT2D eigenvalue weighted by Gasteiger charge is -2.09. The van der Waals surface area contributed by atoms with E-state index in [1.165, 1.54) is 0 Å². The first kappa shape index (κ1) is 16.9. The summed E-state index contributed by atoms with van der Waals surface area (Å²) in [5, 5.41) is 3.84. The van der Waals surface area contributed by atoms with Crippen molar-refractivity contribution in [1.29, 1.82) is 0 Å². The quantitative estimate of drug-likeness (QED) is 0.379. The van der Waals surface area contributed by atoms with Crippen LogP contribution >= 0.6 is 11.6 Å². The number of aromatic nitrogens is 2. The lowest BCUT2D eigenvalue weighted by atomic mass is 10.2. The molecular formula is C18H16ClN5O. The number of hydrogen-bond donors (Lipinski definition) is 3. The van der Waals surface area contributed by atoms with E-state index in [2.05, 4.69) is 20.7 Å². The molecule has 0 aliphatic carbocycles. The summed E-state index contributed by atoms with van der Waals surface area (Å²) < 4.78 is 0. The van der Waals surface area contributed by atoms with E-state index in [0.717, 1.165) is 16.9 Å². The highest BCUT2D eigenvalue weighted by atomic mass is 35.5. The van der Waals surface area contributed by atoms with E-state index in [1.807, 2.05) is 31.2 Å². The number of benzene rings is 2. The van der Waals surface area contributed by atoms with Gasteiger partial charge in [-0.2, -0.15) is 0 Å². The number of aryl methyl sites for hydroxylation is 1. The summed E-state index contributed by atoms with van der Waals surface area (Å²) in [7, 11) is 0. The van der Waals surface area contributed by atoms with Crippen molar-refractivity contribution in [3.05, 3.63) is 70.9 Å². The van der Waals surface area contributed by atoms with Crippen molar-refractivity contribution in [2.45, 2.75) is 6.92 Å². The molecule has 1 amide bonds. The Labute approximate surface area is 150 Å². The number of nitrogens with zero attached hydrogens (tertiary/aromatic N) is 2. The second-order valence-electron chi connectivity index (χ2n) is 5.40. The van der Waals surface area contributed by atoms with Crippen LogP contribution < -0.4 is 16.6 Å². The fraction of sp³-hybridized carbons (Fsp3) is 0.0556. The molecule has 0 spiro atoms. The van der Waals surface area contributed by atoms with Gasteiger partial charge in [-0.15, -0.1) is 0 Å². The molecule has 1 heterocycles.